The van der Waals surface area contributed by atoms with E-state index < -0.39 is 0 Å². The molecule has 1 aliphatic rings. The summed E-state index contributed by atoms with van der Waals surface area (Å²) < 4.78 is 10.8. The van der Waals surface area contributed by atoms with Crippen LogP contribution in [0, 0.1) is 0 Å². The van der Waals surface area contributed by atoms with Gasteiger partial charge in [-0.2, -0.15) is 0 Å². The van der Waals surface area contributed by atoms with Gasteiger partial charge < -0.3 is 19.7 Å². The molecule has 1 amide bonds. The van der Waals surface area contributed by atoms with Crippen LogP contribution in [0.4, 0.5) is 5.69 Å². The lowest BCUT2D eigenvalue weighted by molar-refractivity contribution is -0.929. The van der Waals surface area contributed by atoms with Crippen LogP contribution in [0.25, 0.3) is 10.9 Å². The number of amides is 1. The number of para-hydroxylation sites is 1. The second-order valence-electron chi connectivity index (χ2n) is 8.54. The summed E-state index contributed by atoms with van der Waals surface area (Å²) in [6, 6.07) is 23.7. The zero-order chi connectivity index (χ0) is 23.5. The Bertz CT molecular complexity index is 1340. The first-order chi connectivity index (χ1) is 16.7. The van der Waals surface area contributed by atoms with Crippen molar-refractivity contribution in [3.8, 4) is 11.5 Å². The first-order valence-corrected chi connectivity index (χ1v) is 11.5. The highest BCUT2D eigenvalue weighted by Gasteiger charge is 2.28. The highest BCUT2D eigenvalue weighted by Crippen LogP contribution is 2.31. The lowest BCUT2D eigenvalue weighted by atomic mass is 9.94. The van der Waals surface area contributed by atoms with Gasteiger partial charge in [0.05, 0.1) is 43.2 Å². The molecule has 0 saturated carbocycles. The molecule has 1 aromatic heterocycles. The molecule has 0 aliphatic carbocycles. The number of ether oxygens (including phenoxy) is 2. The van der Waals surface area contributed by atoms with Crippen molar-refractivity contribution in [3.63, 3.8) is 0 Å². The van der Waals surface area contributed by atoms with Crippen molar-refractivity contribution in [1.82, 2.24) is 4.98 Å². The standard InChI is InChI=1S/C28H27N3O3/c1-33-20-12-13-26(34-2)25(16-20)30-28(32)27-21-10-6-7-11-23(21)29-24-14-15-31(18-22(24)27)17-19-8-4-3-5-9-19/h3-13,16H,14-15,17-18H2,1-2H3,(H,30,32)/p+1. The number of nitrogens with one attached hydrogen (secondary N) is 2. The molecule has 1 aliphatic heterocycles. The highest BCUT2D eigenvalue weighted by atomic mass is 16.5. The van der Waals surface area contributed by atoms with E-state index in [1.54, 1.807) is 26.4 Å². The molecule has 0 spiro atoms. The fourth-order valence-corrected chi connectivity index (χ4v) is 4.72. The van der Waals surface area contributed by atoms with Crippen LogP contribution in [0.1, 0.15) is 27.2 Å². The van der Waals surface area contributed by atoms with E-state index in [-0.39, 0.29) is 5.91 Å². The molecule has 172 valence electrons. The van der Waals surface area contributed by atoms with Crippen LogP contribution in [-0.4, -0.2) is 31.7 Å². The molecule has 0 radical (unpaired) electrons. The van der Waals surface area contributed by atoms with E-state index in [1.165, 1.54) is 10.5 Å². The van der Waals surface area contributed by atoms with Gasteiger partial charge in [-0.05, 0) is 18.2 Å². The number of carbonyl (C=O) groups excluding carboxylic acids is 1. The molecular formula is C28H28N3O3+. The molecule has 5 rings (SSSR count). The number of hydrogen-bond donors (Lipinski definition) is 2. The molecule has 1 atom stereocenters. The first kappa shape index (κ1) is 21.9. The molecule has 0 saturated heterocycles. The van der Waals surface area contributed by atoms with Gasteiger partial charge in [-0.15, -0.1) is 0 Å². The van der Waals surface area contributed by atoms with Crippen molar-refractivity contribution in [3.05, 3.63) is 95.2 Å². The third kappa shape index (κ3) is 4.32. The van der Waals surface area contributed by atoms with E-state index in [4.69, 9.17) is 14.5 Å². The zero-order valence-corrected chi connectivity index (χ0v) is 19.4. The van der Waals surface area contributed by atoms with Gasteiger partial charge in [-0.1, -0.05) is 48.5 Å². The third-order valence-electron chi connectivity index (χ3n) is 6.40. The average molecular weight is 455 g/mol. The van der Waals surface area contributed by atoms with Gasteiger partial charge in [0.1, 0.15) is 24.6 Å². The van der Waals surface area contributed by atoms with E-state index in [9.17, 15) is 4.79 Å². The monoisotopic (exact) mass is 454 g/mol. The summed E-state index contributed by atoms with van der Waals surface area (Å²) in [5.41, 5.74) is 5.44. The van der Waals surface area contributed by atoms with E-state index in [1.807, 2.05) is 36.4 Å². The van der Waals surface area contributed by atoms with Crippen molar-refractivity contribution >= 4 is 22.5 Å². The second-order valence-corrected chi connectivity index (χ2v) is 8.54. The van der Waals surface area contributed by atoms with E-state index >= 15 is 0 Å². The normalized spacial score (nSPS) is 14.9. The van der Waals surface area contributed by atoms with E-state index in [2.05, 4.69) is 29.6 Å². The number of fused-ring (bicyclic) bond motifs is 2. The maximum Gasteiger partial charge on any atom is 0.257 e. The van der Waals surface area contributed by atoms with Crippen LogP contribution >= 0.6 is 0 Å². The second kappa shape index (κ2) is 9.53. The maximum absolute atomic E-state index is 13.8. The number of pyridine rings is 1. The highest BCUT2D eigenvalue weighted by molar-refractivity contribution is 6.14. The topological polar surface area (TPSA) is 64.9 Å². The number of aromatic nitrogens is 1. The lowest BCUT2D eigenvalue weighted by Gasteiger charge is -2.27. The Morgan fingerprint density at radius 2 is 1.79 bits per heavy atom. The SMILES string of the molecule is COc1ccc(OC)c(NC(=O)c2c3c(nc4ccccc24)CC[NH+](Cc2ccccc2)C3)c1. The summed E-state index contributed by atoms with van der Waals surface area (Å²) in [4.78, 5) is 20.1. The van der Waals surface area contributed by atoms with Crippen LogP contribution in [0.2, 0.25) is 0 Å². The summed E-state index contributed by atoms with van der Waals surface area (Å²) >= 11 is 0. The summed E-state index contributed by atoms with van der Waals surface area (Å²) in [6.07, 6.45) is 0.838. The van der Waals surface area contributed by atoms with Gasteiger partial charge in [0.25, 0.3) is 5.91 Å². The summed E-state index contributed by atoms with van der Waals surface area (Å²) in [6.45, 7) is 2.65. The van der Waals surface area contributed by atoms with Crippen molar-refractivity contribution < 1.29 is 19.2 Å². The Labute approximate surface area is 199 Å². The van der Waals surface area contributed by atoms with Gasteiger partial charge >= 0.3 is 0 Å². The van der Waals surface area contributed by atoms with Gasteiger partial charge in [0, 0.05) is 29.0 Å². The Balaban J connectivity index is 1.54. The van der Waals surface area contributed by atoms with Crippen molar-refractivity contribution in [2.75, 3.05) is 26.1 Å². The maximum atomic E-state index is 13.8. The average Bonchev–Trinajstić information content (AvgIpc) is 2.87. The molecular weight excluding hydrogens is 426 g/mol. The Hall–Kier alpha value is -3.90. The van der Waals surface area contributed by atoms with Gasteiger partial charge in [0.15, 0.2) is 0 Å². The molecule has 0 fully saturated rings. The zero-order valence-electron chi connectivity index (χ0n) is 19.4. The van der Waals surface area contributed by atoms with Crippen molar-refractivity contribution in [2.24, 2.45) is 0 Å². The van der Waals surface area contributed by atoms with Crippen LogP contribution in [0.15, 0.2) is 72.8 Å². The summed E-state index contributed by atoms with van der Waals surface area (Å²) in [5, 5.41) is 3.94. The fraction of sp³-hybridized carbons (Fsp3) is 0.214. The van der Waals surface area contributed by atoms with Crippen LogP contribution < -0.4 is 19.7 Å². The Morgan fingerprint density at radius 1 is 1.00 bits per heavy atom. The third-order valence-corrected chi connectivity index (χ3v) is 6.40. The summed E-state index contributed by atoms with van der Waals surface area (Å²) in [7, 11) is 3.19. The van der Waals surface area contributed by atoms with Crippen molar-refractivity contribution in [1.29, 1.82) is 0 Å². The fourth-order valence-electron chi connectivity index (χ4n) is 4.72. The Kier molecular flexibility index (Phi) is 6.14. The number of nitrogens with zero attached hydrogens (tertiary/aromatic N) is 1. The van der Waals surface area contributed by atoms with Gasteiger partial charge in [-0.25, -0.2) is 0 Å². The molecule has 3 aromatic carbocycles. The van der Waals surface area contributed by atoms with E-state index in [0.29, 0.717) is 22.7 Å². The molecule has 1 unspecified atom stereocenters. The number of rotatable bonds is 6. The summed E-state index contributed by atoms with van der Waals surface area (Å²) in [5.74, 6) is 1.07. The van der Waals surface area contributed by atoms with Crippen molar-refractivity contribution in [2.45, 2.75) is 19.5 Å². The van der Waals surface area contributed by atoms with E-state index in [0.717, 1.165) is 48.2 Å². The number of hydrogen-bond acceptors (Lipinski definition) is 4. The molecule has 4 aromatic rings. The predicted molar refractivity (Wildman–Crippen MR) is 133 cm³/mol. The van der Waals surface area contributed by atoms with Gasteiger partial charge in [0.2, 0.25) is 0 Å². The quantitative estimate of drug-likeness (QED) is 0.467. The minimum absolute atomic E-state index is 0.164. The number of methoxy groups -OCH3 is 2. The first-order valence-electron chi connectivity index (χ1n) is 11.5. The molecule has 34 heavy (non-hydrogen) atoms. The number of quaternary nitrogens is 1. The predicted octanol–water partition coefficient (Wildman–Crippen LogP) is 3.65. The number of benzene rings is 3. The van der Waals surface area contributed by atoms with Crippen LogP contribution in [-0.2, 0) is 19.5 Å². The molecule has 6 nitrogen and oxygen atoms in total. The Morgan fingerprint density at radius 3 is 2.59 bits per heavy atom. The largest absolute Gasteiger partial charge is 0.497 e. The van der Waals surface area contributed by atoms with Crippen LogP contribution in [0.3, 0.4) is 0 Å². The molecule has 2 heterocycles. The van der Waals surface area contributed by atoms with Gasteiger partial charge in [-0.3, -0.25) is 9.78 Å². The lowest BCUT2D eigenvalue weighted by Crippen LogP contribution is -3.10. The number of carbonyl (C=O) groups is 1. The molecule has 2 N–H and O–H groups in total. The minimum atomic E-state index is -0.164. The van der Waals surface area contributed by atoms with Crippen LogP contribution in [0.5, 0.6) is 11.5 Å². The molecule has 0 bridgehead atoms. The number of anilines is 1. The smallest absolute Gasteiger partial charge is 0.257 e. The molecule has 6 heteroatoms. The minimum Gasteiger partial charge on any atom is -0.497 e.